The van der Waals surface area contributed by atoms with Crippen molar-refractivity contribution in [2.45, 2.75) is 27.3 Å². The number of amides is 2. The minimum absolute atomic E-state index is 0.00202. The highest BCUT2D eigenvalue weighted by atomic mass is 16.2. The van der Waals surface area contributed by atoms with Gasteiger partial charge in [0.25, 0.3) is 5.91 Å². The van der Waals surface area contributed by atoms with Crippen LogP contribution in [0.1, 0.15) is 36.7 Å². The Hall–Kier alpha value is -1.92. The molecule has 0 radical (unpaired) electrons. The van der Waals surface area contributed by atoms with Crippen LogP contribution >= 0.6 is 0 Å². The molecule has 6 heteroatoms. The first-order valence-corrected chi connectivity index (χ1v) is 9.46. The van der Waals surface area contributed by atoms with Gasteiger partial charge in [-0.1, -0.05) is 32.9 Å². The fourth-order valence-corrected chi connectivity index (χ4v) is 2.40. The molecule has 0 atom stereocenters. The minimum atomic E-state index is -0.428. The van der Waals surface area contributed by atoms with Gasteiger partial charge in [-0.2, -0.15) is 0 Å². The Balaban J connectivity index is 2.84. The van der Waals surface area contributed by atoms with Gasteiger partial charge in [0.2, 0.25) is 5.91 Å². The summed E-state index contributed by atoms with van der Waals surface area (Å²) in [5, 5.41) is 2.94. The smallest absolute Gasteiger partial charge is 0.253 e. The van der Waals surface area contributed by atoms with E-state index in [-0.39, 0.29) is 11.8 Å². The summed E-state index contributed by atoms with van der Waals surface area (Å²) in [6.07, 6.45) is 0. The fourth-order valence-electron chi connectivity index (χ4n) is 2.40. The zero-order valence-corrected chi connectivity index (χ0v) is 18.0. The van der Waals surface area contributed by atoms with Crippen LogP contribution < -0.4 is 5.32 Å². The number of carbonyl (C=O) groups is 2. The molecule has 2 amide bonds. The van der Waals surface area contributed by atoms with E-state index in [1.54, 1.807) is 0 Å². The number of carbonyl (C=O) groups excluding carboxylic acids is 2. The van der Waals surface area contributed by atoms with Crippen LogP contribution in [0.25, 0.3) is 0 Å². The molecule has 0 aliphatic heterocycles. The summed E-state index contributed by atoms with van der Waals surface area (Å²) in [7, 11) is 8.03. The maximum absolute atomic E-state index is 13.0. The van der Waals surface area contributed by atoms with Crippen LogP contribution in [0.15, 0.2) is 24.3 Å². The Kier molecular flexibility index (Phi) is 8.93. The first kappa shape index (κ1) is 23.1. The second kappa shape index (κ2) is 10.4. The molecule has 0 aromatic heterocycles. The molecule has 152 valence electrons. The van der Waals surface area contributed by atoms with Crippen LogP contribution in [0.2, 0.25) is 0 Å². The van der Waals surface area contributed by atoms with Crippen molar-refractivity contribution in [1.82, 2.24) is 20.0 Å². The molecule has 1 rings (SSSR count). The summed E-state index contributed by atoms with van der Waals surface area (Å²) in [6.45, 7) is 9.09. The van der Waals surface area contributed by atoms with Gasteiger partial charge in [-0.05, 0) is 45.9 Å². The Labute approximate surface area is 164 Å². The Morgan fingerprint density at radius 3 is 1.96 bits per heavy atom. The lowest BCUT2D eigenvalue weighted by Gasteiger charge is -2.26. The summed E-state index contributed by atoms with van der Waals surface area (Å²) >= 11 is 0. The average Bonchev–Trinajstić information content (AvgIpc) is 2.58. The van der Waals surface area contributed by atoms with Crippen molar-refractivity contribution in [3.63, 3.8) is 0 Å². The van der Waals surface area contributed by atoms with Gasteiger partial charge in [-0.25, -0.2) is 0 Å². The summed E-state index contributed by atoms with van der Waals surface area (Å²) in [6, 6.07) is 7.53. The van der Waals surface area contributed by atoms with E-state index in [4.69, 9.17) is 0 Å². The molecule has 1 aromatic carbocycles. The molecule has 0 unspecified atom stereocenters. The lowest BCUT2D eigenvalue weighted by molar-refractivity contribution is -0.128. The molecule has 0 spiro atoms. The van der Waals surface area contributed by atoms with Crippen molar-refractivity contribution in [2.75, 3.05) is 54.4 Å². The van der Waals surface area contributed by atoms with Crippen molar-refractivity contribution >= 4 is 11.8 Å². The SMILES string of the molecule is CN(C)CCN(CCN(C)C)C(=O)c1cccc(CNC(=O)C(C)(C)C)c1. The first-order valence-electron chi connectivity index (χ1n) is 9.46. The predicted octanol–water partition coefficient (Wildman–Crippen LogP) is 1.91. The lowest BCUT2D eigenvalue weighted by Crippen LogP contribution is -2.40. The highest BCUT2D eigenvalue weighted by Crippen LogP contribution is 2.14. The number of hydrogen-bond acceptors (Lipinski definition) is 4. The van der Waals surface area contributed by atoms with Gasteiger partial charge < -0.3 is 20.0 Å². The molecule has 0 saturated carbocycles. The van der Waals surface area contributed by atoms with Gasteiger partial charge in [0.1, 0.15) is 0 Å². The molecule has 0 fully saturated rings. The minimum Gasteiger partial charge on any atom is -0.352 e. The van der Waals surface area contributed by atoms with Crippen LogP contribution in [0.3, 0.4) is 0 Å². The van der Waals surface area contributed by atoms with Gasteiger partial charge in [-0.3, -0.25) is 9.59 Å². The Bertz CT molecular complexity index is 609. The van der Waals surface area contributed by atoms with Gasteiger partial charge in [0, 0.05) is 43.7 Å². The number of likely N-dealkylation sites (N-methyl/N-ethyl adjacent to an activating group) is 2. The van der Waals surface area contributed by atoms with Gasteiger partial charge >= 0.3 is 0 Å². The summed E-state index contributed by atoms with van der Waals surface area (Å²) in [5.41, 5.74) is 1.16. The first-order chi connectivity index (χ1) is 12.5. The monoisotopic (exact) mass is 376 g/mol. The van der Waals surface area contributed by atoms with Crippen molar-refractivity contribution in [3.8, 4) is 0 Å². The van der Waals surface area contributed by atoms with Crippen LogP contribution in [0.4, 0.5) is 0 Å². The molecule has 6 nitrogen and oxygen atoms in total. The predicted molar refractivity (Wildman–Crippen MR) is 111 cm³/mol. The van der Waals surface area contributed by atoms with E-state index in [1.165, 1.54) is 0 Å². The van der Waals surface area contributed by atoms with E-state index < -0.39 is 5.41 Å². The number of nitrogens with zero attached hydrogens (tertiary/aromatic N) is 3. The average molecular weight is 377 g/mol. The molecule has 27 heavy (non-hydrogen) atoms. The van der Waals surface area contributed by atoms with Crippen molar-refractivity contribution in [3.05, 3.63) is 35.4 Å². The van der Waals surface area contributed by atoms with E-state index in [0.717, 1.165) is 18.7 Å². The standard InChI is InChI=1S/C21H36N4O2/c1-21(2,3)20(27)22-16-17-9-8-10-18(15-17)19(26)25(13-11-23(4)5)14-12-24(6)7/h8-10,15H,11-14,16H2,1-7H3,(H,22,27). The third-order valence-corrected chi connectivity index (χ3v) is 4.23. The zero-order chi connectivity index (χ0) is 20.6. The van der Waals surface area contributed by atoms with Crippen LogP contribution in [0, 0.1) is 5.41 Å². The molecule has 0 heterocycles. The van der Waals surface area contributed by atoms with Gasteiger partial charge in [-0.15, -0.1) is 0 Å². The van der Waals surface area contributed by atoms with Crippen LogP contribution in [0.5, 0.6) is 0 Å². The maximum Gasteiger partial charge on any atom is 0.253 e. The highest BCUT2D eigenvalue weighted by molar-refractivity contribution is 5.94. The maximum atomic E-state index is 13.0. The number of nitrogens with one attached hydrogen (secondary N) is 1. The lowest BCUT2D eigenvalue weighted by atomic mass is 9.95. The van der Waals surface area contributed by atoms with E-state index >= 15 is 0 Å². The van der Waals surface area contributed by atoms with Crippen molar-refractivity contribution in [2.24, 2.45) is 5.41 Å². The van der Waals surface area contributed by atoms with E-state index in [2.05, 4.69) is 15.1 Å². The van der Waals surface area contributed by atoms with Gasteiger partial charge in [0.15, 0.2) is 0 Å². The summed E-state index contributed by atoms with van der Waals surface area (Å²) in [5.74, 6) is 0.0283. The zero-order valence-electron chi connectivity index (χ0n) is 18.0. The van der Waals surface area contributed by atoms with Crippen LogP contribution in [-0.4, -0.2) is 80.9 Å². The third kappa shape index (κ3) is 8.54. The van der Waals surface area contributed by atoms with Gasteiger partial charge in [0.05, 0.1) is 0 Å². The largest absolute Gasteiger partial charge is 0.352 e. The molecular weight excluding hydrogens is 340 g/mol. The number of benzene rings is 1. The number of rotatable bonds is 9. The molecule has 1 N–H and O–H groups in total. The fraction of sp³-hybridized carbons (Fsp3) is 0.619. The van der Waals surface area contributed by atoms with Crippen molar-refractivity contribution in [1.29, 1.82) is 0 Å². The molecule has 0 aliphatic carbocycles. The summed E-state index contributed by atoms with van der Waals surface area (Å²) in [4.78, 5) is 31.1. The molecule has 0 aliphatic rings. The van der Waals surface area contributed by atoms with E-state index in [9.17, 15) is 9.59 Å². The second-order valence-electron chi connectivity index (χ2n) is 8.53. The van der Waals surface area contributed by atoms with E-state index in [0.29, 0.717) is 25.2 Å². The Morgan fingerprint density at radius 1 is 0.926 bits per heavy atom. The topological polar surface area (TPSA) is 55.9 Å². The highest BCUT2D eigenvalue weighted by Gasteiger charge is 2.21. The van der Waals surface area contributed by atoms with Crippen LogP contribution in [-0.2, 0) is 11.3 Å². The molecule has 0 bridgehead atoms. The second-order valence-corrected chi connectivity index (χ2v) is 8.53. The third-order valence-electron chi connectivity index (χ3n) is 4.23. The molecule has 1 aromatic rings. The van der Waals surface area contributed by atoms with E-state index in [1.807, 2.05) is 78.1 Å². The number of hydrogen-bond donors (Lipinski definition) is 1. The molecule has 0 saturated heterocycles. The quantitative estimate of drug-likeness (QED) is 0.715. The molecular formula is C21H36N4O2. The Morgan fingerprint density at radius 2 is 1.48 bits per heavy atom. The van der Waals surface area contributed by atoms with Crippen molar-refractivity contribution < 1.29 is 9.59 Å². The normalized spacial score (nSPS) is 11.7. The summed E-state index contributed by atoms with van der Waals surface area (Å²) < 4.78 is 0.